The van der Waals surface area contributed by atoms with E-state index in [0.717, 1.165) is 4.90 Å². The number of morpholine rings is 1. The Hall–Kier alpha value is -3.21. The van der Waals surface area contributed by atoms with Gasteiger partial charge in [0.2, 0.25) is 5.91 Å². The van der Waals surface area contributed by atoms with Crippen LogP contribution in [-0.4, -0.2) is 59.7 Å². The van der Waals surface area contributed by atoms with Crippen molar-refractivity contribution < 1.29 is 27.8 Å². The largest absolute Gasteiger partial charge is 0.491 e. The van der Waals surface area contributed by atoms with Crippen molar-refractivity contribution >= 4 is 23.3 Å². The molecule has 160 valence electrons. The second kappa shape index (κ2) is 7.90. The Kier molecular flexibility index (Phi) is 5.29. The van der Waals surface area contributed by atoms with Crippen molar-refractivity contribution in [2.24, 2.45) is 5.73 Å². The monoisotopic (exact) mass is 421 g/mol. The van der Waals surface area contributed by atoms with Crippen molar-refractivity contribution in [2.45, 2.75) is 32.0 Å². The fourth-order valence-electron chi connectivity index (χ4n) is 3.47. The Bertz CT molecular complexity index is 980. The quantitative estimate of drug-likeness (QED) is 0.751. The van der Waals surface area contributed by atoms with Gasteiger partial charge in [-0.3, -0.25) is 14.5 Å². The Morgan fingerprint density at radius 1 is 1.40 bits per heavy atom. The van der Waals surface area contributed by atoms with Crippen molar-refractivity contribution in [3.63, 3.8) is 0 Å². The van der Waals surface area contributed by atoms with E-state index in [1.165, 1.54) is 0 Å². The van der Waals surface area contributed by atoms with E-state index < -0.39 is 30.3 Å². The molecule has 1 aromatic heterocycles. The Labute approximate surface area is 170 Å². The van der Waals surface area contributed by atoms with E-state index in [4.69, 9.17) is 15.2 Å². The summed E-state index contributed by atoms with van der Waals surface area (Å²) in [7, 11) is 0. The number of amides is 2. The highest BCUT2D eigenvalue weighted by atomic mass is 19.3. The number of nitrogens with one attached hydrogen (secondary N) is 1. The Morgan fingerprint density at radius 3 is 2.93 bits per heavy atom. The summed E-state index contributed by atoms with van der Waals surface area (Å²) in [6, 6.07) is 3.27. The van der Waals surface area contributed by atoms with Crippen molar-refractivity contribution in [3.05, 3.63) is 24.4 Å². The summed E-state index contributed by atoms with van der Waals surface area (Å²) in [5, 5.41) is 2.98. The lowest BCUT2D eigenvalue weighted by atomic mass is 10.1. The third-order valence-corrected chi connectivity index (χ3v) is 5.04. The van der Waals surface area contributed by atoms with Crippen molar-refractivity contribution in [3.8, 4) is 17.1 Å². The van der Waals surface area contributed by atoms with Gasteiger partial charge in [-0.25, -0.2) is 13.8 Å². The van der Waals surface area contributed by atoms with E-state index in [1.807, 2.05) is 0 Å². The van der Waals surface area contributed by atoms with Gasteiger partial charge in [-0.05, 0) is 19.1 Å². The van der Waals surface area contributed by atoms with E-state index >= 15 is 0 Å². The zero-order valence-electron chi connectivity index (χ0n) is 16.2. The minimum atomic E-state index is -2.76. The van der Waals surface area contributed by atoms with Gasteiger partial charge in [0, 0.05) is 18.0 Å². The summed E-state index contributed by atoms with van der Waals surface area (Å²) < 4.78 is 39.5. The van der Waals surface area contributed by atoms with Crippen molar-refractivity contribution in [2.75, 3.05) is 30.0 Å². The number of anilines is 2. The molecule has 1 saturated heterocycles. The number of nitrogens with two attached hydrogens (primary N) is 1. The number of primary amides is 1. The number of halogens is 2. The molecular weight excluding hydrogens is 400 g/mol. The van der Waals surface area contributed by atoms with Crippen LogP contribution in [-0.2, 0) is 20.9 Å². The first-order valence-corrected chi connectivity index (χ1v) is 9.43. The van der Waals surface area contributed by atoms with E-state index in [1.54, 1.807) is 35.9 Å². The maximum absolute atomic E-state index is 13.5. The van der Waals surface area contributed by atoms with Gasteiger partial charge in [0.1, 0.15) is 36.9 Å². The Morgan fingerprint density at radius 2 is 2.20 bits per heavy atom. The molecule has 1 fully saturated rings. The van der Waals surface area contributed by atoms with Gasteiger partial charge in [-0.15, -0.1) is 0 Å². The summed E-state index contributed by atoms with van der Waals surface area (Å²) in [6.07, 6.45) is -1.18. The molecule has 2 amide bonds. The molecule has 3 N–H and O–H groups in total. The topological polar surface area (TPSA) is 112 Å². The van der Waals surface area contributed by atoms with E-state index in [-0.39, 0.29) is 19.0 Å². The fraction of sp³-hybridized carbons (Fsp3) is 0.421. The summed E-state index contributed by atoms with van der Waals surface area (Å²) >= 11 is 0. The Balaban J connectivity index is 1.69. The molecule has 0 unspecified atom stereocenters. The number of fused-ring (bicyclic) bond motifs is 3. The lowest BCUT2D eigenvalue weighted by Crippen LogP contribution is -2.53. The summed E-state index contributed by atoms with van der Waals surface area (Å²) in [4.78, 5) is 29.1. The maximum atomic E-state index is 13.5. The number of alkyl halides is 2. The van der Waals surface area contributed by atoms with Gasteiger partial charge in [0.15, 0.2) is 5.82 Å². The van der Waals surface area contributed by atoms with Crippen LogP contribution in [0.5, 0.6) is 5.75 Å². The number of hydrogen-bond donors (Lipinski definition) is 2. The number of ether oxygens (including phenoxy) is 2. The number of benzene rings is 1. The second-order valence-electron chi connectivity index (χ2n) is 7.12. The molecule has 0 radical (unpaired) electrons. The van der Waals surface area contributed by atoms with Gasteiger partial charge in [-0.2, -0.15) is 0 Å². The molecule has 2 aromatic rings. The lowest BCUT2D eigenvalue weighted by Gasteiger charge is -2.33. The normalized spacial score (nSPS) is 19.5. The van der Waals surface area contributed by atoms with Crippen LogP contribution in [0.15, 0.2) is 24.4 Å². The number of carbonyl (C=O) groups is 2. The first kappa shape index (κ1) is 20.1. The van der Waals surface area contributed by atoms with Gasteiger partial charge in [0.25, 0.3) is 12.3 Å². The van der Waals surface area contributed by atoms with Crippen LogP contribution in [0.25, 0.3) is 11.4 Å². The second-order valence-corrected chi connectivity index (χ2v) is 7.12. The molecule has 2 aliphatic rings. The zero-order chi connectivity index (χ0) is 21.4. The standard InChI is InChI=1S/C19H21F2N5O4/c1-10(18(22)28)23-11-2-3-12-14(6-11)30-5-4-25-7-15(24-19(12)25)26-13(17(20)21)8-29-9-16(26)27/h2-3,6-7,10,13,17,23H,4-5,8-9H2,1H3,(H2,22,28)/t10-,13-/m0/s1. The number of nitrogens with zero attached hydrogens (tertiary/aromatic N) is 3. The number of aromatic nitrogens is 2. The summed E-state index contributed by atoms with van der Waals surface area (Å²) in [6.45, 7) is 1.87. The summed E-state index contributed by atoms with van der Waals surface area (Å²) in [5.74, 6) is 0.123. The van der Waals surface area contributed by atoms with Crippen molar-refractivity contribution in [1.82, 2.24) is 9.55 Å². The van der Waals surface area contributed by atoms with Crippen LogP contribution < -0.4 is 20.7 Å². The maximum Gasteiger partial charge on any atom is 0.261 e. The SMILES string of the molecule is C[C@H](Nc1ccc2c(c1)OCCn1cc(N3C(=O)COC[C@H]3C(F)F)nc1-2)C(N)=O. The molecular formula is C19H21F2N5O4. The molecule has 1 aromatic carbocycles. The highest BCUT2D eigenvalue weighted by molar-refractivity contribution is 5.95. The third-order valence-electron chi connectivity index (χ3n) is 5.04. The molecule has 2 atom stereocenters. The summed E-state index contributed by atoms with van der Waals surface area (Å²) in [5.41, 5.74) is 6.57. The van der Waals surface area contributed by atoms with Gasteiger partial charge < -0.3 is 25.1 Å². The highest BCUT2D eigenvalue weighted by Gasteiger charge is 2.38. The van der Waals surface area contributed by atoms with Gasteiger partial charge in [-0.1, -0.05) is 0 Å². The third kappa shape index (κ3) is 3.67. The smallest absolute Gasteiger partial charge is 0.261 e. The van der Waals surface area contributed by atoms with Crippen LogP contribution in [0, 0.1) is 0 Å². The molecule has 9 nitrogen and oxygen atoms in total. The van der Waals surface area contributed by atoms with Crippen LogP contribution in [0.2, 0.25) is 0 Å². The zero-order valence-corrected chi connectivity index (χ0v) is 16.2. The number of carbonyl (C=O) groups excluding carboxylic acids is 2. The van der Waals surface area contributed by atoms with Gasteiger partial charge in [0.05, 0.1) is 18.7 Å². The molecule has 30 heavy (non-hydrogen) atoms. The predicted molar refractivity (Wildman–Crippen MR) is 104 cm³/mol. The average molecular weight is 421 g/mol. The minimum Gasteiger partial charge on any atom is -0.491 e. The molecule has 0 spiro atoms. The number of imidazole rings is 1. The molecule has 4 rings (SSSR count). The molecule has 11 heteroatoms. The van der Waals surface area contributed by atoms with Crippen LogP contribution in [0.4, 0.5) is 20.3 Å². The fourth-order valence-corrected chi connectivity index (χ4v) is 3.47. The average Bonchev–Trinajstić information content (AvgIpc) is 3.03. The number of rotatable bonds is 5. The lowest BCUT2D eigenvalue weighted by molar-refractivity contribution is -0.130. The number of hydrogen-bond acceptors (Lipinski definition) is 6. The van der Waals surface area contributed by atoms with Gasteiger partial charge >= 0.3 is 0 Å². The van der Waals surface area contributed by atoms with Crippen LogP contribution in [0.3, 0.4) is 0 Å². The van der Waals surface area contributed by atoms with Crippen LogP contribution >= 0.6 is 0 Å². The van der Waals surface area contributed by atoms with E-state index in [9.17, 15) is 18.4 Å². The predicted octanol–water partition coefficient (Wildman–Crippen LogP) is 1.23. The van der Waals surface area contributed by atoms with Crippen molar-refractivity contribution in [1.29, 1.82) is 0 Å². The minimum absolute atomic E-state index is 0.154. The molecule has 3 heterocycles. The molecule has 0 aliphatic carbocycles. The van der Waals surface area contributed by atoms with E-state index in [0.29, 0.717) is 36.0 Å². The molecule has 0 bridgehead atoms. The van der Waals surface area contributed by atoms with E-state index in [2.05, 4.69) is 10.3 Å². The van der Waals surface area contributed by atoms with Crippen LogP contribution in [0.1, 0.15) is 6.92 Å². The molecule has 2 aliphatic heterocycles. The first-order chi connectivity index (χ1) is 14.3. The molecule has 0 saturated carbocycles. The first-order valence-electron chi connectivity index (χ1n) is 9.43. The highest BCUT2D eigenvalue weighted by Crippen LogP contribution is 2.36.